The Kier molecular flexibility index (Phi) is 15.0. The molecule has 159 valence electrons. The van der Waals surface area contributed by atoms with Crippen molar-refractivity contribution in [2.45, 2.75) is 41.5 Å². The van der Waals surface area contributed by atoms with Gasteiger partial charge in [0.15, 0.2) is 0 Å². The molecular formula is C22H33Cl2N3Tc-2. The monoisotopic (exact) mass is 506 g/mol. The fraction of sp³-hybridized carbons (Fsp3) is 0.455. The molecular weight excluding hydrogens is 475 g/mol. The molecule has 3 N–H and O–H groups in total. The van der Waals surface area contributed by atoms with Gasteiger partial charge >= 0.3 is 0 Å². The summed E-state index contributed by atoms with van der Waals surface area (Å²) in [7, 11) is 0. The maximum Gasteiger partial charge on any atom is 0.0400 e. The second kappa shape index (κ2) is 14.2. The molecule has 6 heteroatoms. The van der Waals surface area contributed by atoms with E-state index in [1.54, 1.807) is 0 Å². The van der Waals surface area contributed by atoms with E-state index in [1.165, 1.54) is 44.8 Å². The largest absolute Gasteiger partial charge is 1.00 e. The number of aryl methyl sites for hydroxylation is 6. The van der Waals surface area contributed by atoms with Gasteiger partial charge in [-0.3, -0.25) is 0 Å². The van der Waals surface area contributed by atoms with Crippen LogP contribution in [0.1, 0.15) is 33.4 Å². The molecule has 2 aromatic rings. The third-order valence-electron chi connectivity index (χ3n) is 4.56. The van der Waals surface area contributed by atoms with Crippen LogP contribution >= 0.6 is 0 Å². The van der Waals surface area contributed by atoms with E-state index in [0.717, 1.165) is 26.2 Å². The first-order valence-electron chi connectivity index (χ1n) is 9.22. The van der Waals surface area contributed by atoms with Crippen molar-refractivity contribution in [1.29, 1.82) is 0 Å². The number of nitrogens with one attached hydrogen (secondary N) is 3. The SMILES string of the molecule is Cc1cc(C)c(NCCNCCNc2c(C)cc(C)cc2C)c(C)c1.[Cl-].[Cl-].[Tc]. The van der Waals surface area contributed by atoms with E-state index in [9.17, 15) is 0 Å². The van der Waals surface area contributed by atoms with Crippen molar-refractivity contribution in [3.05, 3.63) is 57.6 Å². The second-order valence-electron chi connectivity index (χ2n) is 7.15. The van der Waals surface area contributed by atoms with Crippen molar-refractivity contribution in [1.82, 2.24) is 5.32 Å². The number of benzene rings is 2. The van der Waals surface area contributed by atoms with Crippen molar-refractivity contribution >= 4 is 11.4 Å². The zero-order valence-corrected chi connectivity index (χ0v) is 21.1. The Hall–Kier alpha value is -0.771. The van der Waals surface area contributed by atoms with Gasteiger partial charge in [-0.2, -0.15) is 0 Å². The molecule has 0 aliphatic carbocycles. The third-order valence-corrected chi connectivity index (χ3v) is 4.56. The van der Waals surface area contributed by atoms with Gasteiger partial charge in [-0.05, 0) is 63.8 Å². The molecule has 0 saturated heterocycles. The second-order valence-corrected chi connectivity index (χ2v) is 7.15. The summed E-state index contributed by atoms with van der Waals surface area (Å²) in [5.41, 5.74) is 10.5. The molecule has 3 nitrogen and oxygen atoms in total. The molecule has 0 amide bonds. The first kappa shape index (κ1) is 29.4. The van der Waals surface area contributed by atoms with Gasteiger partial charge < -0.3 is 40.8 Å². The molecule has 0 heterocycles. The molecule has 0 aromatic heterocycles. The minimum atomic E-state index is 0. The van der Waals surface area contributed by atoms with Crippen LogP contribution in [0, 0.1) is 41.5 Å². The standard InChI is InChI=1S/C22H33N3.2ClH.Tc/c1-15-11-17(3)21(18(4)12-15)24-9-7-23-8-10-25-22-19(5)13-16(2)14-20(22)6;;;/h11-14,23-25H,7-10H2,1-6H3;2*1H;/p-2. The maximum atomic E-state index is 3.56. The molecule has 28 heavy (non-hydrogen) atoms. The summed E-state index contributed by atoms with van der Waals surface area (Å²) in [6, 6.07) is 8.94. The van der Waals surface area contributed by atoms with Gasteiger partial charge in [0.2, 0.25) is 0 Å². The predicted octanol–water partition coefficient (Wildman–Crippen LogP) is -1.34. The molecule has 1 radical (unpaired) electrons. The van der Waals surface area contributed by atoms with Crippen LogP contribution in [0.3, 0.4) is 0 Å². The average molecular weight is 508 g/mol. The Labute approximate surface area is 197 Å². The molecule has 2 aromatic carbocycles. The average Bonchev–Trinajstić information content (AvgIpc) is 2.50. The van der Waals surface area contributed by atoms with E-state index in [1.807, 2.05) is 0 Å². The zero-order chi connectivity index (χ0) is 18.4. The van der Waals surface area contributed by atoms with Crippen molar-refractivity contribution in [3.63, 3.8) is 0 Å². The molecule has 0 atom stereocenters. The van der Waals surface area contributed by atoms with Gasteiger partial charge in [0.1, 0.15) is 0 Å². The summed E-state index contributed by atoms with van der Waals surface area (Å²) >= 11 is 0. The molecule has 0 saturated carbocycles. The van der Waals surface area contributed by atoms with Crippen molar-refractivity contribution < 1.29 is 44.9 Å². The summed E-state index contributed by atoms with van der Waals surface area (Å²) in [6.45, 7) is 16.8. The van der Waals surface area contributed by atoms with E-state index in [0.29, 0.717) is 0 Å². The van der Waals surface area contributed by atoms with Gasteiger partial charge in [0.05, 0.1) is 0 Å². The Morgan fingerprint density at radius 3 is 1.11 bits per heavy atom. The van der Waals surface area contributed by atoms with E-state index in [4.69, 9.17) is 0 Å². The zero-order valence-electron chi connectivity index (χ0n) is 17.8. The maximum absolute atomic E-state index is 3.56. The fourth-order valence-corrected chi connectivity index (χ4v) is 3.59. The number of rotatable bonds is 8. The quantitative estimate of drug-likeness (QED) is 0.387. The fourth-order valence-electron chi connectivity index (χ4n) is 3.59. The van der Waals surface area contributed by atoms with Gasteiger partial charge in [0.25, 0.3) is 0 Å². The molecule has 0 aliphatic rings. The molecule has 2 rings (SSSR count). The van der Waals surface area contributed by atoms with Crippen molar-refractivity contribution in [2.24, 2.45) is 0 Å². The number of hydrogen-bond acceptors (Lipinski definition) is 3. The summed E-state index contributed by atoms with van der Waals surface area (Å²) < 4.78 is 0. The van der Waals surface area contributed by atoms with Crippen LogP contribution in [0.2, 0.25) is 0 Å². The van der Waals surface area contributed by atoms with E-state index in [2.05, 4.69) is 81.8 Å². The normalized spacial score (nSPS) is 9.64. The number of hydrogen-bond donors (Lipinski definition) is 3. The Morgan fingerprint density at radius 1 is 0.536 bits per heavy atom. The van der Waals surface area contributed by atoms with Crippen LogP contribution in [-0.4, -0.2) is 26.2 Å². The smallest absolute Gasteiger partial charge is 0.0400 e. The minimum Gasteiger partial charge on any atom is -1.00 e. The minimum absolute atomic E-state index is 0. The van der Waals surface area contributed by atoms with Crippen LogP contribution < -0.4 is 40.8 Å². The van der Waals surface area contributed by atoms with Crippen molar-refractivity contribution in [2.75, 3.05) is 36.8 Å². The number of halogens is 2. The van der Waals surface area contributed by atoms with E-state index < -0.39 is 0 Å². The predicted molar refractivity (Wildman–Crippen MR) is 111 cm³/mol. The topological polar surface area (TPSA) is 36.1 Å². The van der Waals surface area contributed by atoms with Crippen LogP contribution in [-0.2, 0) is 20.1 Å². The van der Waals surface area contributed by atoms with Gasteiger partial charge in [-0.25, -0.2) is 0 Å². The first-order chi connectivity index (χ1) is 11.9. The van der Waals surface area contributed by atoms with E-state index in [-0.39, 0.29) is 44.9 Å². The van der Waals surface area contributed by atoms with Crippen LogP contribution in [0.5, 0.6) is 0 Å². The molecule has 0 spiro atoms. The van der Waals surface area contributed by atoms with Crippen LogP contribution in [0.25, 0.3) is 0 Å². The molecule has 0 unspecified atom stereocenters. The van der Waals surface area contributed by atoms with Gasteiger partial charge in [-0.1, -0.05) is 35.4 Å². The van der Waals surface area contributed by atoms with Gasteiger partial charge in [-0.15, -0.1) is 0 Å². The summed E-state index contributed by atoms with van der Waals surface area (Å²) in [6.07, 6.45) is 0. The van der Waals surface area contributed by atoms with Crippen LogP contribution in [0.15, 0.2) is 24.3 Å². The van der Waals surface area contributed by atoms with Crippen LogP contribution in [0.4, 0.5) is 11.4 Å². The Bertz CT molecular complexity index is 628. The molecule has 0 fully saturated rings. The molecule has 0 bridgehead atoms. The Morgan fingerprint density at radius 2 is 0.821 bits per heavy atom. The van der Waals surface area contributed by atoms with Crippen molar-refractivity contribution in [3.8, 4) is 0 Å². The summed E-state index contributed by atoms with van der Waals surface area (Å²) in [5.74, 6) is 0. The van der Waals surface area contributed by atoms with E-state index >= 15 is 0 Å². The Balaban J connectivity index is 0. The number of anilines is 2. The first-order valence-corrected chi connectivity index (χ1v) is 9.22. The molecule has 0 aliphatic heterocycles. The van der Waals surface area contributed by atoms with Gasteiger partial charge in [0, 0.05) is 57.7 Å². The third kappa shape index (κ3) is 8.71. The summed E-state index contributed by atoms with van der Waals surface area (Å²) in [5, 5.41) is 10.6. The summed E-state index contributed by atoms with van der Waals surface area (Å²) in [4.78, 5) is 0.